The largest absolute Gasteiger partial charge is 0.466 e. The summed E-state index contributed by atoms with van der Waals surface area (Å²) in [7, 11) is 0. The van der Waals surface area contributed by atoms with Crippen molar-refractivity contribution in [1.29, 1.82) is 0 Å². The Kier molecular flexibility index (Phi) is 8.11. The lowest BCUT2D eigenvalue weighted by Crippen LogP contribution is -2.24. The van der Waals surface area contributed by atoms with E-state index >= 15 is 0 Å². The molecule has 0 aliphatic carbocycles. The molecule has 7 heteroatoms. The fourth-order valence-corrected chi connectivity index (χ4v) is 4.70. The minimum Gasteiger partial charge on any atom is -0.466 e. The van der Waals surface area contributed by atoms with E-state index in [4.69, 9.17) is 10.5 Å². The molecule has 0 saturated heterocycles. The number of thioether (sulfide) groups is 1. The summed E-state index contributed by atoms with van der Waals surface area (Å²) in [6.45, 7) is 4.75. The topological polar surface area (TPSA) is 91.4 Å². The second-order valence-electron chi connectivity index (χ2n) is 7.38. The first-order chi connectivity index (χ1) is 15.5. The van der Waals surface area contributed by atoms with Gasteiger partial charge in [-0.1, -0.05) is 37.3 Å². The zero-order valence-electron chi connectivity index (χ0n) is 18.4. The van der Waals surface area contributed by atoms with Crippen LogP contribution in [-0.2, 0) is 27.3 Å². The number of ketones is 1. The maximum absolute atomic E-state index is 12.8. The number of aromatic nitrogens is 1. The molecule has 0 saturated carbocycles. The molecule has 0 aliphatic rings. The van der Waals surface area contributed by atoms with Crippen LogP contribution in [0.4, 0.5) is 0 Å². The van der Waals surface area contributed by atoms with Crippen molar-refractivity contribution < 1.29 is 19.1 Å². The third kappa shape index (κ3) is 5.40. The van der Waals surface area contributed by atoms with Gasteiger partial charge in [0.2, 0.25) is 0 Å². The van der Waals surface area contributed by atoms with Crippen molar-refractivity contribution in [1.82, 2.24) is 4.57 Å². The van der Waals surface area contributed by atoms with Crippen molar-refractivity contribution in [2.24, 2.45) is 5.73 Å². The summed E-state index contributed by atoms with van der Waals surface area (Å²) in [6, 6.07) is 15.9. The minimum atomic E-state index is -0.953. The van der Waals surface area contributed by atoms with Crippen molar-refractivity contribution in [3.05, 3.63) is 65.4 Å². The summed E-state index contributed by atoms with van der Waals surface area (Å²) in [4.78, 5) is 37.1. The van der Waals surface area contributed by atoms with Gasteiger partial charge in [-0.15, -0.1) is 11.8 Å². The smallest absolute Gasteiger partial charge is 0.305 e. The maximum Gasteiger partial charge on any atom is 0.305 e. The molecule has 1 aromatic heterocycles. The molecule has 0 radical (unpaired) electrons. The number of Topliss-reactive ketones (excluding diaryl/α,β-unsaturated/α-hetero) is 1. The number of carbonyl (C=O) groups is 3. The molecule has 0 aliphatic heterocycles. The van der Waals surface area contributed by atoms with Gasteiger partial charge in [-0.05, 0) is 49.3 Å². The molecule has 2 N–H and O–H groups in total. The molecule has 0 fully saturated rings. The van der Waals surface area contributed by atoms with E-state index in [0.29, 0.717) is 38.0 Å². The first-order valence-corrected chi connectivity index (χ1v) is 11.8. The lowest BCUT2D eigenvalue weighted by atomic mass is 10.0. The van der Waals surface area contributed by atoms with Gasteiger partial charge in [0.1, 0.15) is 0 Å². The zero-order valence-corrected chi connectivity index (χ0v) is 19.2. The van der Waals surface area contributed by atoms with Crippen LogP contribution in [0.5, 0.6) is 0 Å². The van der Waals surface area contributed by atoms with E-state index in [1.54, 1.807) is 18.7 Å². The van der Waals surface area contributed by atoms with Crippen molar-refractivity contribution >= 4 is 40.3 Å². The van der Waals surface area contributed by atoms with Crippen LogP contribution in [0.15, 0.2) is 53.4 Å². The van der Waals surface area contributed by atoms with Crippen molar-refractivity contribution in [3.63, 3.8) is 0 Å². The lowest BCUT2D eigenvalue weighted by Gasteiger charge is -2.11. The highest BCUT2D eigenvalue weighted by atomic mass is 32.2. The second-order valence-corrected chi connectivity index (χ2v) is 8.54. The number of esters is 1. The summed E-state index contributed by atoms with van der Waals surface area (Å²) in [5.41, 5.74) is 8.58. The van der Waals surface area contributed by atoms with E-state index in [1.165, 1.54) is 0 Å². The summed E-state index contributed by atoms with van der Waals surface area (Å²) >= 11 is 1.61. The van der Waals surface area contributed by atoms with Crippen LogP contribution in [-0.4, -0.2) is 34.6 Å². The number of carbonyl (C=O) groups excluding carboxylic acids is 3. The van der Waals surface area contributed by atoms with Gasteiger partial charge in [0, 0.05) is 34.5 Å². The predicted octanol–water partition coefficient (Wildman–Crippen LogP) is 4.36. The predicted molar refractivity (Wildman–Crippen MR) is 127 cm³/mol. The van der Waals surface area contributed by atoms with Gasteiger partial charge in [-0.25, -0.2) is 0 Å². The number of fused-ring (bicyclic) bond motifs is 1. The lowest BCUT2D eigenvalue weighted by molar-refractivity contribution is -0.143. The highest BCUT2D eigenvalue weighted by Crippen LogP contribution is 2.32. The quantitative estimate of drug-likeness (QED) is 0.153. The van der Waals surface area contributed by atoms with Crippen LogP contribution >= 0.6 is 11.8 Å². The van der Waals surface area contributed by atoms with Crippen LogP contribution in [0.1, 0.15) is 48.3 Å². The number of nitrogens with two attached hydrogens (primary N) is 1. The Morgan fingerprint density at radius 2 is 1.81 bits per heavy atom. The Bertz CT molecular complexity index is 1120. The Balaban J connectivity index is 1.95. The van der Waals surface area contributed by atoms with E-state index in [-0.39, 0.29) is 5.97 Å². The number of hydrogen-bond donors (Lipinski definition) is 1. The number of hydrogen-bond acceptors (Lipinski definition) is 5. The Labute approximate surface area is 192 Å². The summed E-state index contributed by atoms with van der Waals surface area (Å²) in [5, 5.41) is 0.733. The molecule has 1 amide bonds. The summed E-state index contributed by atoms with van der Waals surface area (Å²) in [6.07, 6.45) is 1.67. The van der Waals surface area contributed by atoms with Gasteiger partial charge in [0.25, 0.3) is 11.7 Å². The number of primary amides is 1. The van der Waals surface area contributed by atoms with Crippen molar-refractivity contribution in [2.75, 3.05) is 12.4 Å². The fourth-order valence-electron chi connectivity index (χ4n) is 3.81. The molecule has 0 spiro atoms. The van der Waals surface area contributed by atoms with E-state index < -0.39 is 11.7 Å². The highest BCUT2D eigenvalue weighted by molar-refractivity contribution is 7.99. The normalized spacial score (nSPS) is 10.9. The monoisotopic (exact) mass is 452 g/mol. The Morgan fingerprint density at radius 3 is 2.47 bits per heavy atom. The van der Waals surface area contributed by atoms with E-state index in [0.717, 1.165) is 32.8 Å². The van der Waals surface area contributed by atoms with Gasteiger partial charge < -0.3 is 15.0 Å². The molecule has 32 heavy (non-hydrogen) atoms. The van der Waals surface area contributed by atoms with Crippen molar-refractivity contribution in [3.8, 4) is 0 Å². The molecular weight excluding hydrogens is 424 g/mol. The third-order valence-electron chi connectivity index (χ3n) is 5.21. The average molecular weight is 453 g/mol. The second kappa shape index (κ2) is 11.0. The number of nitrogens with zero attached hydrogens (tertiary/aromatic N) is 1. The number of ether oxygens (including phenoxy) is 1. The molecule has 168 valence electrons. The van der Waals surface area contributed by atoms with Gasteiger partial charge in [-0.3, -0.25) is 14.4 Å². The average Bonchev–Trinajstić information content (AvgIpc) is 3.09. The molecule has 0 bridgehead atoms. The van der Waals surface area contributed by atoms with Crippen LogP contribution in [0.3, 0.4) is 0 Å². The summed E-state index contributed by atoms with van der Waals surface area (Å²) in [5.74, 6) is -1.06. The molecule has 3 rings (SSSR count). The SMILES string of the molecule is CCOC(=O)CCCSc1ccc2c(c1)c(C(=O)C(N)=O)c(CC)n2Cc1ccccc1. The van der Waals surface area contributed by atoms with E-state index in [1.807, 2.05) is 55.5 Å². The number of rotatable bonds is 11. The Hall–Kier alpha value is -3.06. The summed E-state index contributed by atoms with van der Waals surface area (Å²) < 4.78 is 7.05. The van der Waals surface area contributed by atoms with E-state index in [9.17, 15) is 14.4 Å². The number of amides is 1. The molecule has 2 aromatic carbocycles. The van der Waals surface area contributed by atoms with Crippen LogP contribution in [0.2, 0.25) is 0 Å². The van der Waals surface area contributed by atoms with Crippen LogP contribution < -0.4 is 5.73 Å². The van der Waals surface area contributed by atoms with Crippen molar-refractivity contribution in [2.45, 2.75) is 44.6 Å². The van der Waals surface area contributed by atoms with Crippen LogP contribution in [0, 0.1) is 0 Å². The fraction of sp³-hybridized carbons (Fsp3) is 0.320. The minimum absolute atomic E-state index is 0.191. The first kappa shape index (κ1) is 23.6. The molecule has 0 atom stereocenters. The van der Waals surface area contributed by atoms with Gasteiger partial charge >= 0.3 is 5.97 Å². The first-order valence-electron chi connectivity index (χ1n) is 10.8. The van der Waals surface area contributed by atoms with E-state index in [2.05, 4.69) is 4.57 Å². The number of benzene rings is 2. The molecule has 3 aromatic rings. The van der Waals surface area contributed by atoms with Crippen LogP contribution in [0.25, 0.3) is 10.9 Å². The molecular formula is C25H28N2O4S. The highest BCUT2D eigenvalue weighted by Gasteiger charge is 2.25. The zero-order chi connectivity index (χ0) is 23.1. The maximum atomic E-state index is 12.8. The molecule has 1 heterocycles. The standard InChI is InChI=1S/C25H28N2O4S/c1-3-20-23(24(29)25(26)30)19-15-18(32-14-8-11-22(28)31-4-2)12-13-21(19)27(20)16-17-9-6-5-7-10-17/h5-7,9-10,12-13,15H,3-4,8,11,14,16H2,1-2H3,(H2,26,30). The molecule has 6 nitrogen and oxygen atoms in total. The third-order valence-corrected chi connectivity index (χ3v) is 6.29. The molecule has 0 unspecified atom stereocenters. The van der Waals surface area contributed by atoms with Gasteiger partial charge in [0.05, 0.1) is 12.2 Å². The Morgan fingerprint density at radius 1 is 1.06 bits per heavy atom. The van der Waals surface area contributed by atoms with Gasteiger partial charge in [-0.2, -0.15) is 0 Å². The van der Waals surface area contributed by atoms with Gasteiger partial charge in [0.15, 0.2) is 0 Å².